The van der Waals surface area contributed by atoms with E-state index >= 15 is 0 Å². The molecule has 1 atom stereocenters. The fourth-order valence-electron chi connectivity index (χ4n) is 1.71. The van der Waals surface area contributed by atoms with Gasteiger partial charge in [0.25, 0.3) is 0 Å². The summed E-state index contributed by atoms with van der Waals surface area (Å²) in [5.41, 5.74) is 0.773. The van der Waals surface area contributed by atoms with E-state index in [0.29, 0.717) is 13.3 Å². The third-order valence-electron chi connectivity index (χ3n) is 2.54. The van der Waals surface area contributed by atoms with Crippen molar-refractivity contribution in [3.05, 3.63) is 30.1 Å². The van der Waals surface area contributed by atoms with Gasteiger partial charge in [-0.15, -0.1) is 0 Å². The van der Waals surface area contributed by atoms with Crippen molar-refractivity contribution >= 4 is 11.7 Å². The summed E-state index contributed by atoms with van der Waals surface area (Å²) in [7, 11) is 0. The summed E-state index contributed by atoms with van der Waals surface area (Å²) in [4.78, 5) is 12.6. The van der Waals surface area contributed by atoms with Crippen LogP contribution in [0.3, 0.4) is 0 Å². The van der Waals surface area contributed by atoms with Crippen LogP contribution in [0.2, 0.25) is 0 Å². The lowest BCUT2D eigenvalue weighted by molar-refractivity contribution is -0.143. The van der Waals surface area contributed by atoms with Gasteiger partial charge in [0, 0.05) is 19.2 Å². The molecule has 17 heavy (non-hydrogen) atoms. The van der Waals surface area contributed by atoms with Gasteiger partial charge in [0.05, 0.1) is 0 Å². The Hall–Kier alpha value is -1.62. The first kappa shape index (κ1) is 11.9. The lowest BCUT2D eigenvalue weighted by Crippen LogP contribution is -2.25. The molecule has 5 heteroatoms. The van der Waals surface area contributed by atoms with E-state index in [2.05, 4.69) is 0 Å². The number of ether oxygens (including phenoxy) is 2. The molecule has 0 radical (unpaired) electrons. The summed E-state index contributed by atoms with van der Waals surface area (Å²) in [5, 5.41) is 0. The predicted molar refractivity (Wildman–Crippen MR) is 60.1 cm³/mol. The molecule has 0 bridgehead atoms. The first-order valence-corrected chi connectivity index (χ1v) is 5.40. The highest BCUT2D eigenvalue weighted by atomic mass is 19.1. The number of hydrogen-bond donors (Lipinski definition) is 0. The van der Waals surface area contributed by atoms with Crippen molar-refractivity contribution in [2.24, 2.45) is 0 Å². The number of nitrogens with zero attached hydrogens (tertiary/aromatic N) is 1. The molecule has 0 N–H and O–H groups in total. The van der Waals surface area contributed by atoms with Crippen molar-refractivity contribution < 1.29 is 18.7 Å². The van der Waals surface area contributed by atoms with Crippen LogP contribution < -0.4 is 4.90 Å². The zero-order valence-corrected chi connectivity index (χ0v) is 9.56. The zero-order valence-electron chi connectivity index (χ0n) is 9.56. The Morgan fingerprint density at radius 1 is 1.65 bits per heavy atom. The number of carbonyl (C=O) groups excluding carboxylic acids is 1. The Bertz CT molecular complexity index is 410. The molecule has 1 aliphatic heterocycles. The second-order valence-electron chi connectivity index (χ2n) is 3.92. The van der Waals surface area contributed by atoms with Gasteiger partial charge in [-0.2, -0.15) is 0 Å². The second kappa shape index (κ2) is 5.14. The Kier molecular flexibility index (Phi) is 3.58. The van der Waals surface area contributed by atoms with Crippen LogP contribution in [-0.2, 0) is 14.3 Å². The maximum absolute atomic E-state index is 13.0. The third kappa shape index (κ3) is 3.17. The minimum absolute atomic E-state index is 0.151. The van der Waals surface area contributed by atoms with Crippen LogP contribution in [0.4, 0.5) is 10.1 Å². The van der Waals surface area contributed by atoms with Gasteiger partial charge in [0.2, 0.25) is 0 Å². The van der Waals surface area contributed by atoms with Crippen LogP contribution in [-0.4, -0.2) is 32.0 Å². The molecule has 2 rings (SSSR count). The Balaban J connectivity index is 1.91. The van der Waals surface area contributed by atoms with Crippen molar-refractivity contribution in [3.63, 3.8) is 0 Å². The molecule has 0 aliphatic carbocycles. The normalized spacial score (nSPS) is 19.4. The molecule has 4 nitrogen and oxygen atoms in total. The van der Waals surface area contributed by atoms with Gasteiger partial charge in [-0.1, -0.05) is 6.07 Å². The highest BCUT2D eigenvalue weighted by Crippen LogP contribution is 2.20. The molecule has 0 amide bonds. The van der Waals surface area contributed by atoms with E-state index in [4.69, 9.17) is 9.47 Å². The van der Waals surface area contributed by atoms with Gasteiger partial charge in [-0.3, -0.25) is 4.79 Å². The summed E-state index contributed by atoms with van der Waals surface area (Å²) in [6.45, 7) is 2.58. The number of rotatable bonds is 3. The number of hydrogen-bond acceptors (Lipinski definition) is 4. The second-order valence-corrected chi connectivity index (χ2v) is 3.92. The van der Waals surface area contributed by atoms with E-state index in [1.807, 2.05) is 11.0 Å². The van der Waals surface area contributed by atoms with Crippen LogP contribution in [0.1, 0.15) is 6.92 Å². The molecule has 1 fully saturated rings. The van der Waals surface area contributed by atoms with E-state index in [0.717, 1.165) is 5.69 Å². The quantitative estimate of drug-likeness (QED) is 0.750. The summed E-state index contributed by atoms with van der Waals surface area (Å²) >= 11 is 0. The molecule has 1 saturated heterocycles. The van der Waals surface area contributed by atoms with Crippen molar-refractivity contribution in [2.75, 3.05) is 24.8 Å². The van der Waals surface area contributed by atoms with Crippen LogP contribution >= 0.6 is 0 Å². The van der Waals surface area contributed by atoms with Gasteiger partial charge in [0.15, 0.2) is 0 Å². The zero-order chi connectivity index (χ0) is 12.3. The molecule has 92 valence electrons. The first-order chi connectivity index (χ1) is 8.15. The van der Waals surface area contributed by atoms with Gasteiger partial charge in [-0.25, -0.2) is 4.39 Å². The van der Waals surface area contributed by atoms with Gasteiger partial charge >= 0.3 is 5.97 Å². The predicted octanol–water partition coefficient (Wildman–Crippen LogP) is 1.55. The van der Waals surface area contributed by atoms with E-state index in [1.54, 1.807) is 6.07 Å². The van der Waals surface area contributed by atoms with E-state index in [-0.39, 0.29) is 24.5 Å². The van der Waals surface area contributed by atoms with Gasteiger partial charge in [0.1, 0.15) is 25.3 Å². The number of benzene rings is 1. The van der Waals surface area contributed by atoms with Crippen LogP contribution in [0.15, 0.2) is 24.3 Å². The topological polar surface area (TPSA) is 38.8 Å². The minimum atomic E-state index is -0.321. The molecular weight excluding hydrogens is 225 g/mol. The number of anilines is 1. The lowest BCUT2D eigenvalue weighted by atomic mass is 10.2. The van der Waals surface area contributed by atoms with E-state index < -0.39 is 0 Å². The maximum atomic E-state index is 13.0. The average molecular weight is 239 g/mol. The molecule has 1 aromatic carbocycles. The highest BCUT2D eigenvalue weighted by molar-refractivity contribution is 5.65. The largest absolute Gasteiger partial charge is 0.463 e. The number of halogens is 1. The Morgan fingerprint density at radius 2 is 2.47 bits per heavy atom. The van der Waals surface area contributed by atoms with E-state index in [1.165, 1.54) is 19.1 Å². The van der Waals surface area contributed by atoms with Crippen LogP contribution in [0, 0.1) is 5.82 Å². The summed E-state index contributed by atoms with van der Waals surface area (Å²) < 4.78 is 23.3. The minimum Gasteiger partial charge on any atom is -0.463 e. The van der Waals surface area contributed by atoms with Crippen LogP contribution in [0.5, 0.6) is 0 Å². The van der Waals surface area contributed by atoms with E-state index in [9.17, 15) is 9.18 Å². The molecular formula is C12H14FNO3. The average Bonchev–Trinajstić information content (AvgIpc) is 2.75. The van der Waals surface area contributed by atoms with Crippen molar-refractivity contribution in [3.8, 4) is 0 Å². The third-order valence-corrected chi connectivity index (χ3v) is 2.54. The number of carbonyl (C=O) groups is 1. The molecule has 1 aromatic rings. The first-order valence-electron chi connectivity index (χ1n) is 5.40. The standard InChI is InChI=1S/C12H14FNO3/c1-9(15)16-7-12-6-14(8-17-12)11-4-2-3-10(13)5-11/h2-5,12H,6-8H2,1H3/t12-/m1/s1. The SMILES string of the molecule is CC(=O)OC[C@H]1CN(c2cccc(F)c2)CO1. The molecule has 0 saturated carbocycles. The van der Waals surface area contributed by atoms with Crippen LogP contribution in [0.25, 0.3) is 0 Å². The Labute approximate surface area is 98.9 Å². The fourth-order valence-corrected chi connectivity index (χ4v) is 1.71. The summed E-state index contributed by atoms with van der Waals surface area (Å²) in [6.07, 6.45) is -0.151. The van der Waals surface area contributed by atoms with Gasteiger partial charge in [-0.05, 0) is 18.2 Å². The molecule has 1 heterocycles. The van der Waals surface area contributed by atoms with Crippen molar-refractivity contribution in [1.82, 2.24) is 0 Å². The van der Waals surface area contributed by atoms with Gasteiger partial charge < -0.3 is 14.4 Å². The maximum Gasteiger partial charge on any atom is 0.302 e. The molecule has 0 unspecified atom stereocenters. The molecule has 0 spiro atoms. The number of esters is 1. The molecule has 0 aromatic heterocycles. The molecule has 1 aliphatic rings. The fraction of sp³-hybridized carbons (Fsp3) is 0.417. The van der Waals surface area contributed by atoms with Crippen molar-refractivity contribution in [2.45, 2.75) is 13.0 Å². The summed E-state index contributed by atoms with van der Waals surface area (Å²) in [5.74, 6) is -0.594. The smallest absolute Gasteiger partial charge is 0.302 e. The highest BCUT2D eigenvalue weighted by Gasteiger charge is 2.24. The summed E-state index contributed by atoms with van der Waals surface area (Å²) in [6, 6.07) is 6.33. The lowest BCUT2D eigenvalue weighted by Gasteiger charge is -2.15. The van der Waals surface area contributed by atoms with Crippen molar-refractivity contribution in [1.29, 1.82) is 0 Å². The Morgan fingerprint density at radius 3 is 3.18 bits per heavy atom. The monoisotopic (exact) mass is 239 g/mol.